The van der Waals surface area contributed by atoms with Crippen LogP contribution >= 0.6 is 23.1 Å². The Morgan fingerprint density at radius 3 is 2.97 bits per heavy atom. The van der Waals surface area contributed by atoms with Crippen LogP contribution in [0, 0.1) is 0 Å². The Bertz CT molecular complexity index is 947. The van der Waals surface area contributed by atoms with Crippen molar-refractivity contribution in [1.82, 2.24) is 30.2 Å². The van der Waals surface area contributed by atoms with E-state index in [0.29, 0.717) is 37.1 Å². The predicted molar refractivity (Wildman–Crippen MR) is 117 cm³/mol. The van der Waals surface area contributed by atoms with Gasteiger partial charge in [0.1, 0.15) is 5.82 Å². The molecule has 10 heteroatoms. The maximum atomic E-state index is 12.2. The summed E-state index contributed by atoms with van der Waals surface area (Å²) in [5.74, 6) is 2.10. The van der Waals surface area contributed by atoms with E-state index in [4.69, 9.17) is 4.52 Å². The highest BCUT2D eigenvalue weighted by Crippen LogP contribution is 2.33. The molecule has 1 aliphatic carbocycles. The highest BCUT2D eigenvalue weighted by molar-refractivity contribution is 7.98. The van der Waals surface area contributed by atoms with Gasteiger partial charge in [0, 0.05) is 31.8 Å². The molecule has 1 fully saturated rings. The monoisotopic (exact) mass is 446 g/mol. The van der Waals surface area contributed by atoms with E-state index in [0.717, 1.165) is 28.7 Å². The average Bonchev–Trinajstić information content (AvgIpc) is 3.55. The lowest BCUT2D eigenvalue weighted by Crippen LogP contribution is -2.25. The summed E-state index contributed by atoms with van der Waals surface area (Å²) in [5, 5.41) is 18.7. The van der Waals surface area contributed by atoms with Gasteiger partial charge in [-0.25, -0.2) is 0 Å². The molecule has 3 heterocycles. The molecule has 0 radical (unpaired) electrons. The summed E-state index contributed by atoms with van der Waals surface area (Å²) in [4.78, 5) is 17.5. The van der Waals surface area contributed by atoms with Gasteiger partial charge in [0.15, 0.2) is 5.16 Å². The number of aryl methyl sites for hydroxylation is 2. The fourth-order valence-corrected chi connectivity index (χ4v) is 5.01. The third-order valence-corrected chi connectivity index (χ3v) is 6.79. The molecule has 1 aliphatic rings. The molecule has 3 aromatic rings. The van der Waals surface area contributed by atoms with Gasteiger partial charge in [0.2, 0.25) is 17.6 Å². The van der Waals surface area contributed by atoms with E-state index < -0.39 is 0 Å². The second kappa shape index (κ2) is 10.2. The van der Waals surface area contributed by atoms with Gasteiger partial charge in [-0.1, -0.05) is 35.8 Å². The van der Waals surface area contributed by atoms with Gasteiger partial charge in [-0.2, -0.15) is 4.98 Å². The van der Waals surface area contributed by atoms with Crippen molar-refractivity contribution in [3.05, 3.63) is 29.2 Å². The molecule has 0 bridgehead atoms. The molecule has 0 aliphatic heterocycles. The molecule has 8 nitrogen and oxygen atoms in total. The number of amides is 1. The minimum atomic E-state index is -0.00654. The Morgan fingerprint density at radius 2 is 2.20 bits per heavy atom. The molecule has 0 atom stereocenters. The third kappa shape index (κ3) is 5.10. The van der Waals surface area contributed by atoms with Crippen LogP contribution in [0.3, 0.4) is 0 Å². The van der Waals surface area contributed by atoms with E-state index in [9.17, 15) is 4.79 Å². The topological polar surface area (TPSA) is 98.7 Å². The number of aromatic nitrogens is 5. The molecular formula is C20H26N6O2S2. The number of thioether (sulfide) groups is 1. The summed E-state index contributed by atoms with van der Waals surface area (Å²) < 4.78 is 7.56. The largest absolute Gasteiger partial charge is 0.356 e. The van der Waals surface area contributed by atoms with Crippen molar-refractivity contribution in [2.45, 2.75) is 62.6 Å². The molecule has 0 saturated heterocycles. The summed E-state index contributed by atoms with van der Waals surface area (Å²) >= 11 is 3.21. The molecule has 30 heavy (non-hydrogen) atoms. The van der Waals surface area contributed by atoms with Crippen LogP contribution in [-0.4, -0.2) is 43.6 Å². The highest BCUT2D eigenvalue weighted by Gasteiger charge is 2.23. The average molecular weight is 447 g/mol. The number of carbonyl (C=O) groups excluding carboxylic acids is 1. The molecule has 0 unspecified atom stereocenters. The van der Waals surface area contributed by atoms with E-state index in [1.54, 1.807) is 23.1 Å². The SMILES string of the molecule is CSc1nnc(CCCNC(=O)CCc2nc(-c3cccs3)no2)n1C1CCCC1. The molecule has 4 rings (SSSR count). The number of carbonyl (C=O) groups is 1. The zero-order chi connectivity index (χ0) is 20.8. The first-order valence-electron chi connectivity index (χ1n) is 10.4. The fourth-order valence-electron chi connectivity index (χ4n) is 3.79. The third-order valence-electron chi connectivity index (χ3n) is 5.28. The van der Waals surface area contributed by atoms with Gasteiger partial charge in [0.05, 0.1) is 4.88 Å². The highest BCUT2D eigenvalue weighted by atomic mass is 32.2. The Kier molecular flexibility index (Phi) is 7.16. The minimum Gasteiger partial charge on any atom is -0.356 e. The van der Waals surface area contributed by atoms with Gasteiger partial charge in [-0.3, -0.25) is 4.79 Å². The van der Waals surface area contributed by atoms with Gasteiger partial charge >= 0.3 is 0 Å². The molecule has 0 aromatic carbocycles. The number of nitrogens with one attached hydrogen (secondary N) is 1. The second-order valence-corrected chi connectivity index (χ2v) is 9.07. The lowest BCUT2D eigenvalue weighted by atomic mass is 10.2. The number of rotatable bonds is 10. The summed E-state index contributed by atoms with van der Waals surface area (Å²) in [6, 6.07) is 4.42. The number of nitrogens with zero attached hydrogens (tertiary/aromatic N) is 5. The fraction of sp³-hybridized carbons (Fsp3) is 0.550. The van der Waals surface area contributed by atoms with Crippen LogP contribution in [0.2, 0.25) is 0 Å². The van der Waals surface area contributed by atoms with Gasteiger partial charge in [0.25, 0.3) is 0 Å². The first-order chi connectivity index (χ1) is 14.7. The quantitative estimate of drug-likeness (QED) is 0.372. The molecule has 1 saturated carbocycles. The van der Waals surface area contributed by atoms with E-state index in [2.05, 4.69) is 30.2 Å². The molecular weight excluding hydrogens is 420 g/mol. The summed E-state index contributed by atoms with van der Waals surface area (Å²) in [6.07, 6.45) is 9.46. The molecule has 0 spiro atoms. The van der Waals surface area contributed by atoms with Crippen molar-refractivity contribution >= 4 is 29.0 Å². The Balaban J connectivity index is 1.20. The lowest BCUT2D eigenvalue weighted by Gasteiger charge is -2.16. The van der Waals surface area contributed by atoms with Crippen molar-refractivity contribution < 1.29 is 9.32 Å². The van der Waals surface area contributed by atoms with Crippen molar-refractivity contribution in [3.8, 4) is 10.7 Å². The van der Waals surface area contributed by atoms with Crippen LogP contribution in [0.15, 0.2) is 27.2 Å². The van der Waals surface area contributed by atoms with Crippen molar-refractivity contribution in [1.29, 1.82) is 0 Å². The van der Waals surface area contributed by atoms with Crippen molar-refractivity contribution in [2.75, 3.05) is 12.8 Å². The molecule has 1 N–H and O–H groups in total. The zero-order valence-electron chi connectivity index (χ0n) is 17.0. The van der Waals surface area contributed by atoms with Gasteiger partial charge in [-0.05, 0) is 37.0 Å². The first-order valence-corrected chi connectivity index (χ1v) is 12.5. The molecule has 3 aromatic heterocycles. The summed E-state index contributed by atoms with van der Waals surface area (Å²) in [6.45, 7) is 0.620. The van der Waals surface area contributed by atoms with Gasteiger partial charge < -0.3 is 14.4 Å². The van der Waals surface area contributed by atoms with Crippen LogP contribution in [0.1, 0.15) is 56.3 Å². The van der Waals surface area contributed by atoms with Crippen LogP contribution in [0.4, 0.5) is 0 Å². The van der Waals surface area contributed by atoms with Crippen LogP contribution in [0.25, 0.3) is 10.7 Å². The van der Waals surface area contributed by atoms with Gasteiger partial charge in [-0.15, -0.1) is 21.5 Å². The maximum Gasteiger partial charge on any atom is 0.227 e. The standard InChI is InChI=1S/C20H26N6O2S2/c1-29-20-24-23-16(26(20)14-6-2-3-7-14)9-4-12-21-17(27)10-11-18-22-19(25-28-18)15-8-5-13-30-15/h5,8,13-14H,2-4,6-7,9-12H2,1H3,(H,21,27). The number of hydrogen-bond donors (Lipinski definition) is 1. The first kappa shape index (κ1) is 21.0. The Hall–Kier alpha value is -2.20. The van der Waals surface area contributed by atoms with Crippen LogP contribution < -0.4 is 5.32 Å². The van der Waals surface area contributed by atoms with Crippen LogP contribution in [-0.2, 0) is 17.6 Å². The van der Waals surface area contributed by atoms with Crippen molar-refractivity contribution in [2.24, 2.45) is 0 Å². The van der Waals surface area contributed by atoms with E-state index >= 15 is 0 Å². The smallest absolute Gasteiger partial charge is 0.227 e. The van der Waals surface area contributed by atoms with Crippen molar-refractivity contribution in [3.63, 3.8) is 0 Å². The normalized spacial score (nSPS) is 14.4. The molecule has 160 valence electrons. The maximum absolute atomic E-state index is 12.2. The molecule has 1 amide bonds. The van der Waals surface area contributed by atoms with E-state index in [-0.39, 0.29) is 5.91 Å². The number of thiophene rings is 1. The zero-order valence-corrected chi connectivity index (χ0v) is 18.7. The predicted octanol–water partition coefficient (Wildman–Crippen LogP) is 3.91. The second-order valence-electron chi connectivity index (χ2n) is 7.35. The summed E-state index contributed by atoms with van der Waals surface area (Å²) in [5.41, 5.74) is 0. The lowest BCUT2D eigenvalue weighted by molar-refractivity contribution is -0.121. The van der Waals surface area contributed by atoms with E-state index in [1.807, 2.05) is 23.8 Å². The minimum absolute atomic E-state index is 0.00654. The Morgan fingerprint density at radius 1 is 1.33 bits per heavy atom. The van der Waals surface area contributed by atoms with Crippen LogP contribution in [0.5, 0.6) is 0 Å². The van der Waals surface area contributed by atoms with E-state index in [1.165, 1.54) is 25.7 Å². The Labute approximate surface area is 183 Å². The number of hydrogen-bond acceptors (Lipinski definition) is 8. The summed E-state index contributed by atoms with van der Waals surface area (Å²) in [7, 11) is 0.